The number of aliphatic hydroxyl groups is 3. The molecule has 3 N–H and O–H groups in total. The number of carbonyl (C=O) groups is 1. The van der Waals surface area contributed by atoms with Crippen molar-refractivity contribution >= 4 is 5.91 Å². The first kappa shape index (κ1) is 36.2. The molecule has 8 rings (SSSR count). The minimum absolute atomic E-state index is 0.0155. The number of nitrogens with zero attached hydrogens (tertiary/aromatic N) is 2. The Morgan fingerprint density at radius 1 is 0.960 bits per heavy atom. The smallest absolute Gasteiger partial charge is 0.226 e. The molecule has 1 amide bonds. The minimum atomic E-state index is -1.26. The van der Waals surface area contributed by atoms with E-state index in [-0.39, 0.29) is 63.3 Å². The Balaban J connectivity index is 0.982. The number of aliphatic hydroxyl groups excluding tert-OH is 2. The summed E-state index contributed by atoms with van der Waals surface area (Å²) in [6.45, 7) is 19.0. The van der Waals surface area contributed by atoms with Crippen LogP contribution in [0.2, 0.25) is 0 Å². The van der Waals surface area contributed by atoms with Crippen LogP contribution in [0.3, 0.4) is 0 Å². The van der Waals surface area contributed by atoms with Crippen molar-refractivity contribution in [1.82, 2.24) is 9.80 Å². The van der Waals surface area contributed by atoms with E-state index in [1.807, 2.05) is 4.90 Å². The standard InChI is InChI=1S/C41H68N2O7/c1-24-21-26(33(44)37(4,5)47)49-32-31(24)38(6)15-16-41-23-40(41)14-11-29(36(2,3)27(40)9-10-28(41)39(38,7)34(32)45)50-30-22-43(19-20-48-30)35(46)25-12-17-42(8)18-13-25/h24-34,44-45,47H,9-23H2,1-8H3/t24-,26-,27+,28+,29?,30?,31?,32+,33+,34+,38-,39-,40?,41+/m1/s1. The van der Waals surface area contributed by atoms with Crippen LogP contribution in [0, 0.1) is 56.7 Å². The van der Waals surface area contributed by atoms with E-state index in [1.54, 1.807) is 13.8 Å². The molecule has 3 aliphatic heterocycles. The van der Waals surface area contributed by atoms with Crippen molar-refractivity contribution in [3.63, 3.8) is 0 Å². The third kappa shape index (κ3) is 4.91. The molecule has 9 heteroatoms. The summed E-state index contributed by atoms with van der Waals surface area (Å²) in [5, 5.41) is 34.2. The van der Waals surface area contributed by atoms with E-state index in [1.165, 1.54) is 12.8 Å². The van der Waals surface area contributed by atoms with Gasteiger partial charge in [0.05, 0.1) is 43.2 Å². The number of amides is 1. The molecular formula is C41H68N2O7. The van der Waals surface area contributed by atoms with E-state index < -0.39 is 23.9 Å². The maximum atomic E-state index is 13.5. The highest BCUT2D eigenvalue weighted by Crippen LogP contribution is 2.89. The highest BCUT2D eigenvalue weighted by molar-refractivity contribution is 5.79. The summed E-state index contributed by atoms with van der Waals surface area (Å²) in [6, 6.07) is 0. The van der Waals surface area contributed by atoms with E-state index in [4.69, 9.17) is 14.2 Å². The van der Waals surface area contributed by atoms with Crippen molar-refractivity contribution in [2.75, 3.05) is 39.8 Å². The first-order chi connectivity index (χ1) is 23.4. The zero-order valence-electron chi connectivity index (χ0n) is 32.3. The maximum absolute atomic E-state index is 13.5. The van der Waals surface area contributed by atoms with Gasteiger partial charge in [-0.1, -0.05) is 34.6 Å². The Kier molecular flexibility index (Phi) is 8.57. The van der Waals surface area contributed by atoms with Crippen molar-refractivity contribution in [3.05, 3.63) is 0 Å². The Labute approximate surface area is 301 Å². The van der Waals surface area contributed by atoms with E-state index in [0.717, 1.165) is 58.0 Å². The number of carbonyl (C=O) groups excluding carboxylic acids is 1. The monoisotopic (exact) mass is 701 g/mol. The average Bonchev–Trinajstić information content (AvgIpc) is 3.70. The molecule has 0 bridgehead atoms. The normalized spacial score (nSPS) is 51.1. The fraction of sp³-hybridized carbons (Fsp3) is 0.976. The van der Waals surface area contributed by atoms with E-state index in [2.05, 4.69) is 46.6 Å². The van der Waals surface area contributed by atoms with Gasteiger partial charge in [0.25, 0.3) is 0 Å². The van der Waals surface area contributed by atoms with Crippen molar-refractivity contribution < 1.29 is 34.3 Å². The molecule has 0 aromatic carbocycles. The van der Waals surface area contributed by atoms with Gasteiger partial charge in [0, 0.05) is 17.9 Å². The molecule has 0 radical (unpaired) electrons. The Hall–Kier alpha value is -0.810. The van der Waals surface area contributed by atoms with Gasteiger partial charge in [-0.25, -0.2) is 0 Å². The number of morpholine rings is 1. The minimum Gasteiger partial charge on any atom is -0.390 e. The van der Waals surface area contributed by atoms with Gasteiger partial charge in [-0.2, -0.15) is 0 Å². The maximum Gasteiger partial charge on any atom is 0.226 e. The molecule has 3 saturated heterocycles. The number of ether oxygens (including phenoxy) is 3. The molecule has 0 aromatic rings. The van der Waals surface area contributed by atoms with Crippen LogP contribution in [0.15, 0.2) is 0 Å². The van der Waals surface area contributed by atoms with Gasteiger partial charge in [0.2, 0.25) is 5.91 Å². The second-order valence-electron chi connectivity index (χ2n) is 20.4. The van der Waals surface area contributed by atoms with Gasteiger partial charge in [-0.3, -0.25) is 4.79 Å². The third-order valence-electron chi connectivity index (χ3n) is 17.6. The van der Waals surface area contributed by atoms with Crippen molar-refractivity contribution in [2.24, 2.45) is 56.7 Å². The number of rotatable bonds is 5. The molecule has 8 aliphatic rings. The second-order valence-corrected chi connectivity index (χ2v) is 20.4. The van der Waals surface area contributed by atoms with Crippen LogP contribution in [0.5, 0.6) is 0 Å². The summed E-state index contributed by atoms with van der Waals surface area (Å²) in [6.07, 6.45) is 7.96. The Morgan fingerprint density at radius 3 is 2.34 bits per heavy atom. The number of piperidine rings is 1. The topological polar surface area (TPSA) is 112 Å². The molecule has 50 heavy (non-hydrogen) atoms. The summed E-state index contributed by atoms with van der Waals surface area (Å²) in [5.41, 5.74) is -1.06. The highest BCUT2D eigenvalue weighted by atomic mass is 16.7. The van der Waals surface area contributed by atoms with Gasteiger partial charge < -0.3 is 39.3 Å². The largest absolute Gasteiger partial charge is 0.390 e. The van der Waals surface area contributed by atoms with Crippen LogP contribution in [-0.2, 0) is 19.0 Å². The van der Waals surface area contributed by atoms with Gasteiger partial charge in [-0.05, 0) is 144 Å². The molecule has 5 saturated carbocycles. The number of hydrogen-bond donors (Lipinski definition) is 3. The summed E-state index contributed by atoms with van der Waals surface area (Å²) < 4.78 is 19.8. The van der Waals surface area contributed by atoms with Crippen LogP contribution in [-0.4, -0.2) is 113 Å². The molecule has 0 aromatic heterocycles. The van der Waals surface area contributed by atoms with Gasteiger partial charge in [0.15, 0.2) is 6.29 Å². The zero-order chi connectivity index (χ0) is 35.8. The second kappa shape index (κ2) is 11.8. The lowest BCUT2D eigenvalue weighted by Gasteiger charge is -2.64. The van der Waals surface area contributed by atoms with Crippen LogP contribution >= 0.6 is 0 Å². The SMILES string of the molecule is C[C@@H]1C[C@H]([C@H](O)C(C)(C)O)O[C@H]2C1[C@@]1(C)CC[C@@]34CC35CCC(OC3CN(C(=O)C6CCN(C)CC6)CCO3)C(C)(C)[C@@H]5CC[C@H]4[C@]1(C)[C@H]2O. The molecule has 3 heterocycles. The van der Waals surface area contributed by atoms with Crippen LogP contribution in [0.1, 0.15) is 113 Å². The summed E-state index contributed by atoms with van der Waals surface area (Å²) in [7, 11) is 2.14. The van der Waals surface area contributed by atoms with Crippen molar-refractivity contribution in [1.29, 1.82) is 0 Å². The number of hydrogen-bond acceptors (Lipinski definition) is 8. The fourth-order valence-corrected chi connectivity index (χ4v) is 14.8. The summed E-state index contributed by atoms with van der Waals surface area (Å²) in [5.74, 6) is 1.92. The van der Waals surface area contributed by atoms with Gasteiger partial charge >= 0.3 is 0 Å². The molecule has 14 atom stereocenters. The lowest BCUT2D eigenvalue weighted by Crippen LogP contribution is -2.60. The first-order valence-corrected chi connectivity index (χ1v) is 20.4. The third-order valence-corrected chi connectivity index (χ3v) is 17.6. The number of fused-ring (bicyclic) bond motifs is 4. The molecule has 5 aliphatic carbocycles. The van der Waals surface area contributed by atoms with E-state index in [0.29, 0.717) is 43.9 Å². The lowest BCUT2D eigenvalue weighted by atomic mass is 9.41. The van der Waals surface area contributed by atoms with Crippen molar-refractivity contribution in [2.45, 2.75) is 155 Å². The number of likely N-dealkylation sites (tertiary alicyclic amines) is 1. The molecule has 8 fully saturated rings. The van der Waals surface area contributed by atoms with Gasteiger partial charge in [-0.15, -0.1) is 0 Å². The highest BCUT2D eigenvalue weighted by Gasteiger charge is 2.84. The van der Waals surface area contributed by atoms with Crippen LogP contribution < -0.4 is 0 Å². The first-order valence-electron chi connectivity index (χ1n) is 20.4. The predicted octanol–water partition coefficient (Wildman–Crippen LogP) is 4.84. The lowest BCUT2D eigenvalue weighted by molar-refractivity contribution is -0.248. The molecule has 9 nitrogen and oxygen atoms in total. The quantitative estimate of drug-likeness (QED) is 0.374. The molecule has 4 unspecified atom stereocenters. The van der Waals surface area contributed by atoms with Crippen LogP contribution in [0.25, 0.3) is 0 Å². The zero-order valence-corrected chi connectivity index (χ0v) is 32.3. The fourth-order valence-electron chi connectivity index (χ4n) is 14.8. The van der Waals surface area contributed by atoms with Crippen molar-refractivity contribution in [3.8, 4) is 0 Å². The van der Waals surface area contributed by atoms with Crippen LogP contribution in [0.4, 0.5) is 0 Å². The van der Waals surface area contributed by atoms with E-state index in [9.17, 15) is 20.1 Å². The summed E-state index contributed by atoms with van der Waals surface area (Å²) in [4.78, 5) is 17.8. The Morgan fingerprint density at radius 2 is 1.64 bits per heavy atom. The Bertz CT molecular complexity index is 1330. The molecule has 2 spiro atoms. The van der Waals surface area contributed by atoms with E-state index >= 15 is 0 Å². The molecular weight excluding hydrogens is 632 g/mol. The average molecular weight is 701 g/mol. The van der Waals surface area contributed by atoms with Gasteiger partial charge in [0.1, 0.15) is 6.10 Å². The molecule has 284 valence electrons. The predicted molar refractivity (Wildman–Crippen MR) is 190 cm³/mol. The summed E-state index contributed by atoms with van der Waals surface area (Å²) >= 11 is 0.